The fourth-order valence-electron chi connectivity index (χ4n) is 2.28. The van der Waals surface area contributed by atoms with Crippen LogP contribution >= 0.6 is 23.5 Å². The topological polar surface area (TPSA) is 92.0 Å². The van der Waals surface area contributed by atoms with Crippen molar-refractivity contribution in [2.45, 2.75) is 23.0 Å². The van der Waals surface area contributed by atoms with Gasteiger partial charge in [0.2, 0.25) is 0 Å². The summed E-state index contributed by atoms with van der Waals surface area (Å²) < 4.78 is 12.1. The minimum atomic E-state index is -0.320. The zero-order valence-electron chi connectivity index (χ0n) is 15.4. The Morgan fingerprint density at radius 3 is 2.54 bits per heavy atom. The van der Waals surface area contributed by atoms with Gasteiger partial charge >= 0.3 is 5.97 Å². The van der Waals surface area contributed by atoms with Crippen LogP contribution in [0.25, 0.3) is 5.69 Å². The zero-order valence-corrected chi connectivity index (χ0v) is 17.1. The lowest BCUT2D eigenvalue weighted by molar-refractivity contribution is -0.137. The second-order valence-electron chi connectivity index (χ2n) is 5.35. The maximum atomic E-state index is 11.5. The molecule has 3 aromatic rings. The van der Waals surface area contributed by atoms with Crippen LogP contribution < -0.4 is 4.74 Å². The van der Waals surface area contributed by atoms with E-state index in [1.54, 1.807) is 18.5 Å². The average molecular weight is 418 g/mol. The van der Waals surface area contributed by atoms with E-state index in [4.69, 9.17) is 9.47 Å². The number of nitrogens with zero attached hydrogens (tertiary/aromatic N) is 5. The van der Waals surface area contributed by atoms with Crippen molar-refractivity contribution in [1.82, 2.24) is 24.7 Å². The van der Waals surface area contributed by atoms with E-state index < -0.39 is 0 Å². The number of esters is 1. The molecule has 0 amide bonds. The molecule has 0 radical (unpaired) electrons. The molecule has 0 spiro atoms. The quantitative estimate of drug-likeness (QED) is 0.296. The Hall–Kier alpha value is -2.59. The number of methoxy groups -OCH3 is 1. The van der Waals surface area contributed by atoms with Crippen molar-refractivity contribution in [2.24, 2.45) is 0 Å². The predicted molar refractivity (Wildman–Crippen MR) is 107 cm³/mol. The van der Waals surface area contributed by atoms with Gasteiger partial charge in [0.25, 0.3) is 0 Å². The summed E-state index contributed by atoms with van der Waals surface area (Å²) in [6.07, 6.45) is 3.40. The van der Waals surface area contributed by atoms with Crippen LogP contribution in [0.1, 0.15) is 12.7 Å². The van der Waals surface area contributed by atoms with Crippen LogP contribution in [0.5, 0.6) is 5.75 Å². The summed E-state index contributed by atoms with van der Waals surface area (Å²) in [5.74, 6) is 1.88. The van der Waals surface area contributed by atoms with Gasteiger partial charge in [-0.1, -0.05) is 23.5 Å². The minimum Gasteiger partial charge on any atom is -0.494 e. The molecule has 0 aliphatic heterocycles. The van der Waals surface area contributed by atoms with Gasteiger partial charge in [-0.25, -0.2) is 9.97 Å². The van der Waals surface area contributed by atoms with Crippen LogP contribution in [-0.4, -0.2) is 50.2 Å². The number of aromatic nitrogens is 5. The largest absolute Gasteiger partial charge is 0.494 e. The first-order valence-electron chi connectivity index (χ1n) is 8.48. The Labute approximate surface area is 171 Å². The molecule has 8 nitrogen and oxygen atoms in total. The molecular weight excluding hydrogens is 398 g/mol. The van der Waals surface area contributed by atoms with Crippen molar-refractivity contribution in [2.75, 3.05) is 19.5 Å². The molecule has 0 fully saturated rings. The number of benzene rings is 1. The summed E-state index contributed by atoms with van der Waals surface area (Å²) in [7, 11) is 1.36. The molecular formula is C18H19N5O3S2. The molecule has 0 N–H and O–H groups in total. The van der Waals surface area contributed by atoms with Crippen molar-refractivity contribution in [3.05, 3.63) is 48.5 Å². The van der Waals surface area contributed by atoms with Crippen molar-refractivity contribution < 1.29 is 14.3 Å². The lowest BCUT2D eigenvalue weighted by atomic mass is 10.3. The van der Waals surface area contributed by atoms with Crippen LogP contribution in [-0.2, 0) is 15.3 Å². The number of hydrogen-bond donors (Lipinski definition) is 0. The number of ether oxygens (including phenoxy) is 2. The Bertz CT molecular complexity index is 903. The molecule has 0 aliphatic rings. The smallest absolute Gasteiger partial charge is 0.316 e. The molecule has 0 unspecified atom stereocenters. The first-order valence-corrected chi connectivity index (χ1v) is 10.4. The van der Waals surface area contributed by atoms with Crippen molar-refractivity contribution in [1.29, 1.82) is 0 Å². The van der Waals surface area contributed by atoms with E-state index in [2.05, 4.69) is 20.2 Å². The average Bonchev–Trinajstić information content (AvgIpc) is 3.15. The number of carbonyl (C=O) groups excluding carboxylic acids is 1. The molecule has 2 heterocycles. The van der Waals surface area contributed by atoms with Gasteiger partial charge in [0, 0.05) is 18.1 Å². The summed E-state index contributed by atoms with van der Waals surface area (Å²) in [5, 5.41) is 9.83. The van der Waals surface area contributed by atoms with Gasteiger partial charge in [-0.15, -0.1) is 10.2 Å². The standard InChI is InChI=1S/C18H19N5O3S2/c1-3-26-14-7-5-13(6-8-14)23-15(11-27-17-19-9-4-10-20-17)21-22-18(23)28-12-16(24)25-2/h4-10H,3,11-12H2,1-2H3. The molecule has 3 rings (SSSR count). The summed E-state index contributed by atoms with van der Waals surface area (Å²) in [5.41, 5.74) is 0.880. The van der Waals surface area contributed by atoms with Gasteiger partial charge < -0.3 is 9.47 Å². The van der Waals surface area contributed by atoms with Crippen LogP contribution in [0.15, 0.2) is 53.0 Å². The minimum absolute atomic E-state index is 0.153. The van der Waals surface area contributed by atoms with Gasteiger partial charge in [0.1, 0.15) is 11.6 Å². The highest BCUT2D eigenvalue weighted by atomic mass is 32.2. The summed E-state index contributed by atoms with van der Waals surface area (Å²) >= 11 is 2.74. The maximum absolute atomic E-state index is 11.5. The summed E-state index contributed by atoms with van der Waals surface area (Å²) in [4.78, 5) is 20.0. The number of thioether (sulfide) groups is 2. The first kappa shape index (κ1) is 20.2. The van der Waals surface area contributed by atoms with Crippen molar-refractivity contribution in [3.8, 4) is 11.4 Å². The van der Waals surface area contributed by atoms with Crippen molar-refractivity contribution >= 4 is 29.5 Å². The highest BCUT2D eigenvalue weighted by molar-refractivity contribution is 7.99. The number of carbonyl (C=O) groups is 1. The lowest BCUT2D eigenvalue weighted by Crippen LogP contribution is -2.06. The third kappa shape index (κ3) is 5.23. The van der Waals surface area contributed by atoms with E-state index >= 15 is 0 Å². The first-order chi connectivity index (χ1) is 13.7. The molecule has 1 aromatic carbocycles. The molecule has 10 heteroatoms. The Kier molecular flexibility index (Phi) is 7.26. The monoisotopic (exact) mass is 417 g/mol. The van der Waals surface area contributed by atoms with E-state index in [-0.39, 0.29) is 11.7 Å². The number of hydrogen-bond acceptors (Lipinski definition) is 9. The van der Waals surface area contributed by atoms with Gasteiger partial charge in [-0.2, -0.15) is 0 Å². The van der Waals surface area contributed by atoms with Gasteiger partial charge in [0.15, 0.2) is 10.3 Å². The van der Waals surface area contributed by atoms with Crippen molar-refractivity contribution in [3.63, 3.8) is 0 Å². The molecule has 0 bridgehead atoms. The summed E-state index contributed by atoms with van der Waals surface area (Å²) in [6.45, 7) is 2.54. The highest BCUT2D eigenvalue weighted by Gasteiger charge is 2.17. The Balaban J connectivity index is 1.86. The SMILES string of the molecule is CCOc1ccc(-n2c(CSc3ncccn3)nnc2SCC(=O)OC)cc1. The van der Waals surface area contributed by atoms with Gasteiger partial charge in [-0.3, -0.25) is 9.36 Å². The summed E-state index contributed by atoms with van der Waals surface area (Å²) in [6, 6.07) is 9.43. The third-order valence-electron chi connectivity index (χ3n) is 3.53. The molecule has 0 saturated carbocycles. The van der Waals surface area contributed by atoms with Crippen LogP contribution in [0.3, 0.4) is 0 Å². The number of rotatable bonds is 9. The van der Waals surface area contributed by atoms with E-state index in [1.165, 1.54) is 30.6 Å². The van der Waals surface area contributed by atoms with Crippen LogP contribution in [0.4, 0.5) is 0 Å². The Morgan fingerprint density at radius 1 is 1.11 bits per heavy atom. The maximum Gasteiger partial charge on any atom is 0.316 e. The van der Waals surface area contributed by atoms with E-state index in [0.29, 0.717) is 22.7 Å². The van der Waals surface area contributed by atoms with E-state index in [0.717, 1.165) is 17.3 Å². The third-order valence-corrected chi connectivity index (χ3v) is 5.30. The lowest BCUT2D eigenvalue weighted by Gasteiger charge is -2.11. The van der Waals surface area contributed by atoms with Crippen LogP contribution in [0, 0.1) is 0 Å². The fraction of sp³-hybridized carbons (Fsp3) is 0.278. The molecule has 2 aromatic heterocycles. The van der Waals surface area contributed by atoms with E-state index in [9.17, 15) is 4.79 Å². The Morgan fingerprint density at radius 2 is 1.86 bits per heavy atom. The van der Waals surface area contributed by atoms with Gasteiger partial charge in [0.05, 0.1) is 25.2 Å². The van der Waals surface area contributed by atoms with E-state index in [1.807, 2.05) is 35.8 Å². The second kappa shape index (κ2) is 10.1. The normalized spacial score (nSPS) is 10.6. The molecule has 0 aliphatic carbocycles. The molecule has 0 saturated heterocycles. The second-order valence-corrected chi connectivity index (χ2v) is 7.23. The zero-order chi connectivity index (χ0) is 19.8. The molecule has 0 atom stereocenters. The highest BCUT2D eigenvalue weighted by Crippen LogP contribution is 2.27. The van der Waals surface area contributed by atoms with Gasteiger partial charge in [-0.05, 0) is 37.3 Å². The van der Waals surface area contributed by atoms with Crippen LogP contribution in [0.2, 0.25) is 0 Å². The predicted octanol–water partition coefficient (Wildman–Crippen LogP) is 3.01. The fourth-order valence-corrected chi connectivity index (χ4v) is 3.80. The molecule has 28 heavy (non-hydrogen) atoms. The molecule has 146 valence electrons.